The van der Waals surface area contributed by atoms with Gasteiger partial charge < -0.3 is 15.2 Å². The Balaban J connectivity index is 2.30. The Bertz CT molecular complexity index is 599. The van der Waals surface area contributed by atoms with Gasteiger partial charge in [-0.2, -0.15) is 0 Å². The zero-order valence-corrected chi connectivity index (χ0v) is 12.3. The van der Waals surface area contributed by atoms with Crippen LogP contribution in [0, 0.1) is 5.82 Å². The third-order valence-corrected chi connectivity index (χ3v) is 2.99. The summed E-state index contributed by atoms with van der Waals surface area (Å²) in [4.78, 5) is 0. The van der Waals surface area contributed by atoms with Gasteiger partial charge in [0.2, 0.25) is 0 Å². The van der Waals surface area contributed by atoms with Crippen molar-refractivity contribution in [3.05, 3.63) is 53.8 Å². The molecule has 0 aliphatic carbocycles. The number of hydrogen-bond acceptors (Lipinski definition) is 3. The van der Waals surface area contributed by atoms with Gasteiger partial charge in [-0.3, -0.25) is 0 Å². The first kappa shape index (κ1) is 15.3. The second kappa shape index (κ2) is 7.09. The maximum absolute atomic E-state index is 13.4. The number of hydrogen-bond donors (Lipinski definition) is 1. The highest BCUT2D eigenvalue weighted by atomic mass is 19.1. The Morgan fingerprint density at radius 2 is 1.81 bits per heavy atom. The van der Waals surface area contributed by atoms with E-state index < -0.39 is 0 Å². The molecule has 0 fully saturated rings. The molecule has 112 valence electrons. The fraction of sp³-hybridized carbons (Fsp3) is 0.294. The normalized spacial score (nSPS) is 12.0. The average Bonchev–Trinajstić information content (AvgIpc) is 2.48. The van der Waals surface area contributed by atoms with Crippen molar-refractivity contribution < 1.29 is 13.9 Å². The van der Waals surface area contributed by atoms with Gasteiger partial charge >= 0.3 is 0 Å². The highest BCUT2D eigenvalue weighted by molar-refractivity contribution is 5.45. The summed E-state index contributed by atoms with van der Waals surface area (Å²) in [6, 6.07) is 11.4. The lowest BCUT2D eigenvalue weighted by Gasteiger charge is -2.16. The van der Waals surface area contributed by atoms with Crippen LogP contribution in [0.5, 0.6) is 17.2 Å². The van der Waals surface area contributed by atoms with Crippen LogP contribution in [-0.2, 0) is 0 Å². The molecule has 2 rings (SSSR count). The molecule has 4 heteroatoms. The summed E-state index contributed by atoms with van der Waals surface area (Å²) >= 11 is 0. The lowest BCUT2D eigenvalue weighted by molar-refractivity contribution is 0.301. The molecule has 1 atom stereocenters. The summed E-state index contributed by atoms with van der Waals surface area (Å²) in [5, 5.41) is 0. The van der Waals surface area contributed by atoms with Gasteiger partial charge in [0.05, 0.1) is 6.61 Å². The van der Waals surface area contributed by atoms with Crippen LogP contribution >= 0.6 is 0 Å². The van der Waals surface area contributed by atoms with Gasteiger partial charge in [0.1, 0.15) is 11.6 Å². The van der Waals surface area contributed by atoms with Gasteiger partial charge in [-0.05, 0) is 43.7 Å². The van der Waals surface area contributed by atoms with Crippen molar-refractivity contribution in [3.63, 3.8) is 0 Å². The first-order chi connectivity index (χ1) is 10.1. The van der Waals surface area contributed by atoms with Crippen molar-refractivity contribution in [1.82, 2.24) is 0 Å². The van der Waals surface area contributed by atoms with Crippen LogP contribution < -0.4 is 15.2 Å². The number of para-hydroxylation sites is 2. The van der Waals surface area contributed by atoms with Crippen LogP contribution in [0.4, 0.5) is 4.39 Å². The quantitative estimate of drug-likeness (QED) is 0.855. The van der Waals surface area contributed by atoms with E-state index in [0.717, 1.165) is 6.42 Å². The minimum absolute atomic E-state index is 0.320. The Morgan fingerprint density at radius 3 is 2.48 bits per heavy atom. The van der Waals surface area contributed by atoms with Crippen LogP contribution in [0.25, 0.3) is 0 Å². The molecule has 2 aromatic carbocycles. The van der Waals surface area contributed by atoms with Gasteiger partial charge in [-0.15, -0.1) is 0 Å². The maximum atomic E-state index is 13.4. The molecule has 0 saturated carbocycles. The average molecular weight is 289 g/mol. The Morgan fingerprint density at radius 1 is 1.10 bits per heavy atom. The number of benzene rings is 2. The number of nitrogens with two attached hydrogens (primary N) is 1. The van der Waals surface area contributed by atoms with Crippen LogP contribution in [0.2, 0.25) is 0 Å². The summed E-state index contributed by atoms with van der Waals surface area (Å²) in [7, 11) is 0. The molecule has 0 aliphatic heterocycles. The van der Waals surface area contributed by atoms with Gasteiger partial charge in [-0.1, -0.05) is 19.1 Å². The second-order valence-corrected chi connectivity index (χ2v) is 4.87. The molecule has 0 unspecified atom stereocenters. The van der Waals surface area contributed by atoms with Gasteiger partial charge in [0, 0.05) is 11.6 Å². The van der Waals surface area contributed by atoms with Crippen molar-refractivity contribution in [2.24, 2.45) is 5.73 Å². The monoisotopic (exact) mass is 289 g/mol. The molecule has 0 heterocycles. The molecule has 2 N–H and O–H groups in total. The van der Waals surface area contributed by atoms with Gasteiger partial charge in [-0.25, -0.2) is 4.39 Å². The first-order valence-corrected chi connectivity index (χ1v) is 7.06. The molecule has 0 radical (unpaired) electrons. The lowest BCUT2D eigenvalue weighted by Crippen LogP contribution is -2.07. The zero-order chi connectivity index (χ0) is 15.2. The standard InChI is InChI=1S/C17H20FNO2/c1-3-10-20-16-6-4-5-7-17(16)21-15-9-8-13(18)11-14(15)12(2)19/h4-9,11-12H,3,10,19H2,1-2H3/t12-/m1/s1. The van der Waals surface area contributed by atoms with E-state index in [-0.39, 0.29) is 11.9 Å². The predicted molar refractivity (Wildman–Crippen MR) is 81.3 cm³/mol. The van der Waals surface area contributed by atoms with E-state index in [9.17, 15) is 4.39 Å². The molecule has 0 aliphatic rings. The Labute approximate surface area is 124 Å². The molecule has 0 aromatic heterocycles. The molecule has 0 amide bonds. The van der Waals surface area contributed by atoms with E-state index in [1.807, 2.05) is 31.2 Å². The largest absolute Gasteiger partial charge is 0.490 e. The van der Waals surface area contributed by atoms with E-state index in [4.69, 9.17) is 15.2 Å². The third kappa shape index (κ3) is 3.95. The zero-order valence-electron chi connectivity index (χ0n) is 12.3. The van der Waals surface area contributed by atoms with Crippen LogP contribution in [0.1, 0.15) is 31.9 Å². The summed E-state index contributed by atoms with van der Waals surface area (Å²) in [5.74, 6) is 1.47. The van der Waals surface area contributed by atoms with Crippen molar-refractivity contribution in [2.45, 2.75) is 26.3 Å². The van der Waals surface area contributed by atoms with Crippen LogP contribution in [0.15, 0.2) is 42.5 Å². The van der Waals surface area contributed by atoms with E-state index in [0.29, 0.717) is 29.4 Å². The minimum atomic E-state index is -0.329. The van der Waals surface area contributed by atoms with Crippen molar-refractivity contribution in [2.75, 3.05) is 6.61 Å². The smallest absolute Gasteiger partial charge is 0.169 e. The maximum Gasteiger partial charge on any atom is 0.169 e. The third-order valence-electron chi connectivity index (χ3n) is 2.99. The van der Waals surface area contributed by atoms with E-state index in [1.165, 1.54) is 12.1 Å². The molecule has 0 saturated heterocycles. The number of rotatable bonds is 6. The molecule has 0 bridgehead atoms. The highest BCUT2D eigenvalue weighted by Gasteiger charge is 2.12. The van der Waals surface area contributed by atoms with Crippen molar-refractivity contribution >= 4 is 0 Å². The molecule has 0 spiro atoms. The molecule has 2 aromatic rings. The summed E-state index contributed by atoms with van der Waals surface area (Å²) in [5.41, 5.74) is 6.50. The topological polar surface area (TPSA) is 44.5 Å². The second-order valence-electron chi connectivity index (χ2n) is 4.87. The molecular weight excluding hydrogens is 269 g/mol. The lowest BCUT2D eigenvalue weighted by atomic mass is 10.1. The summed E-state index contributed by atoms with van der Waals surface area (Å²) < 4.78 is 24.9. The highest BCUT2D eigenvalue weighted by Crippen LogP contribution is 2.34. The molecular formula is C17H20FNO2. The van der Waals surface area contributed by atoms with Crippen LogP contribution in [0.3, 0.4) is 0 Å². The summed E-state index contributed by atoms with van der Waals surface area (Å²) in [6.07, 6.45) is 0.913. The fourth-order valence-corrected chi connectivity index (χ4v) is 1.95. The molecule has 3 nitrogen and oxygen atoms in total. The first-order valence-electron chi connectivity index (χ1n) is 7.06. The molecule has 21 heavy (non-hydrogen) atoms. The predicted octanol–water partition coefficient (Wildman–Crippen LogP) is 4.43. The SMILES string of the molecule is CCCOc1ccccc1Oc1ccc(F)cc1[C@@H](C)N. The van der Waals surface area contributed by atoms with Gasteiger partial charge in [0.25, 0.3) is 0 Å². The van der Waals surface area contributed by atoms with E-state index in [1.54, 1.807) is 13.0 Å². The number of halogens is 1. The minimum Gasteiger partial charge on any atom is -0.490 e. The van der Waals surface area contributed by atoms with Crippen molar-refractivity contribution in [1.29, 1.82) is 0 Å². The summed E-state index contributed by atoms with van der Waals surface area (Å²) in [6.45, 7) is 4.45. The van der Waals surface area contributed by atoms with Crippen LogP contribution in [-0.4, -0.2) is 6.61 Å². The Hall–Kier alpha value is -2.07. The van der Waals surface area contributed by atoms with Gasteiger partial charge in [0.15, 0.2) is 11.5 Å². The fourth-order valence-electron chi connectivity index (χ4n) is 1.95. The van der Waals surface area contributed by atoms with E-state index in [2.05, 4.69) is 0 Å². The van der Waals surface area contributed by atoms with Crippen molar-refractivity contribution in [3.8, 4) is 17.2 Å². The van der Waals surface area contributed by atoms with E-state index >= 15 is 0 Å². The Kier molecular flexibility index (Phi) is 5.17. The number of ether oxygens (including phenoxy) is 2.